The van der Waals surface area contributed by atoms with Crippen molar-refractivity contribution in [3.63, 3.8) is 0 Å². The summed E-state index contributed by atoms with van der Waals surface area (Å²) in [5.74, 6) is 1.50. The van der Waals surface area contributed by atoms with Gasteiger partial charge in [0.05, 0.1) is 0 Å². The van der Waals surface area contributed by atoms with Gasteiger partial charge in [-0.1, -0.05) is 86.4 Å². The number of aromatic nitrogens is 1. The second-order valence-electron chi connectivity index (χ2n) is 7.68. The van der Waals surface area contributed by atoms with Gasteiger partial charge in [-0.2, -0.15) is 0 Å². The van der Waals surface area contributed by atoms with E-state index in [-0.39, 0.29) is 0 Å². The average molecular weight is 413 g/mol. The summed E-state index contributed by atoms with van der Waals surface area (Å²) in [6.45, 7) is 14.4. The highest BCUT2D eigenvalue weighted by Crippen LogP contribution is 2.18. The van der Waals surface area contributed by atoms with E-state index in [9.17, 15) is 0 Å². The minimum atomic E-state index is 0.523. The lowest BCUT2D eigenvalue weighted by Gasteiger charge is -2.10. The molecule has 0 amide bonds. The molecule has 1 aromatic carbocycles. The van der Waals surface area contributed by atoms with Crippen molar-refractivity contribution in [2.24, 2.45) is 5.92 Å². The van der Waals surface area contributed by atoms with Crippen LogP contribution in [0.5, 0.6) is 0 Å². The first-order chi connectivity index (χ1) is 15.1. The number of hydrogen-bond acceptors (Lipinski definition) is 1. The van der Waals surface area contributed by atoms with Crippen LogP contribution in [0.4, 0.5) is 5.82 Å². The van der Waals surface area contributed by atoms with Crippen LogP contribution in [0.3, 0.4) is 0 Å². The van der Waals surface area contributed by atoms with Gasteiger partial charge in [-0.3, -0.25) is 0 Å². The van der Waals surface area contributed by atoms with Gasteiger partial charge in [0, 0.05) is 18.3 Å². The summed E-state index contributed by atoms with van der Waals surface area (Å²) in [7, 11) is 0. The van der Waals surface area contributed by atoms with E-state index in [1.165, 1.54) is 22.4 Å². The second-order valence-corrected chi connectivity index (χ2v) is 7.68. The Hall–Kier alpha value is -3.26. The fraction of sp³-hybridized carbons (Fsp3) is 0.241. The van der Waals surface area contributed by atoms with Crippen LogP contribution >= 0.6 is 0 Å². The maximum absolute atomic E-state index is 4.15. The quantitative estimate of drug-likeness (QED) is 0.267. The van der Waals surface area contributed by atoms with Crippen LogP contribution in [-0.4, -0.2) is 4.98 Å². The fourth-order valence-corrected chi connectivity index (χ4v) is 3.39. The van der Waals surface area contributed by atoms with Crippen LogP contribution in [0, 0.1) is 5.92 Å². The molecule has 0 aliphatic heterocycles. The third kappa shape index (κ3) is 8.18. The summed E-state index contributed by atoms with van der Waals surface area (Å²) in [5, 5.41) is 3.31. The molecule has 2 nitrogen and oxygen atoms in total. The molecule has 2 aromatic rings. The summed E-state index contributed by atoms with van der Waals surface area (Å²) in [4.78, 5) is 3.45. The SMILES string of the molecule is C=C/C=C\c1ccccc1Cc1ccc(N/C=C\C(=C)C/C=C\C(CC)/C(C)=C/C)[nH]1. The molecule has 0 saturated heterocycles. The van der Waals surface area contributed by atoms with Crippen LogP contribution in [0.2, 0.25) is 0 Å². The Morgan fingerprint density at radius 2 is 2.00 bits per heavy atom. The van der Waals surface area contributed by atoms with E-state index in [1.807, 2.05) is 18.4 Å². The molecule has 1 heterocycles. The van der Waals surface area contributed by atoms with Crippen molar-refractivity contribution in [1.82, 2.24) is 4.98 Å². The lowest BCUT2D eigenvalue weighted by molar-refractivity contribution is 0.723. The monoisotopic (exact) mass is 412 g/mol. The van der Waals surface area contributed by atoms with Gasteiger partial charge in [0.1, 0.15) is 5.82 Å². The van der Waals surface area contributed by atoms with Gasteiger partial charge >= 0.3 is 0 Å². The van der Waals surface area contributed by atoms with Gasteiger partial charge in [-0.15, -0.1) is 0 Å². The van der Waals surface area contributed by atoms with E-state index in [1.54, 1.807) is 6.08 Å². The second kappa shape index (κ2) is 13.1. The minimum Gasteiger partial charge on any atom is -0.348 e. The predicted molar refractivity (Wildman–Crippen MR) is 138 cm³/mol. The van der Waals surface area contributed by atoms with Crippen LogP contribution < -0.4 is 5.32 Å². The van der Waals surface area contributed by atoms with Crippen LogP contribution in [0.25, 0.3) is 6.08 Å². The van der Waals surface area contributed by atoms with Crippen LogP contribution in [0.15, 0.2) is 103 Å². The number of H-pyrrole nitrogens is 1. The summed E-state index contributed by atoms with van der Waals surface area (Å²) in [6, 6.07) is 12.6. The molecule has 0 aliphatic rings. The molecule has 0 spiro atoms. The smallest absolute Gasteiger partial charge is 0.107 e. The normalized spacial score (nSPS) is 13.3. The van der Waals surface area contributed by atoms with E-state index in [0.29, 0.717) is 5.92 Å². The lowest BCUT2D eigenvalue weighted by atomic mass is 9.96. The molecule has 1 atom stereocenters. The molecule has 0 fully saturated rings. The highest BCUT2D eigenvalue weighted by atomic mass is 15.0. The van der Waals surface area contributed by atoms with Gasteiger partial charge in [0.2, 0.25) is 0 Å². The first-order valence-electron chi connectivity index (χ1n) is 11.0. The Bertz CT molecular complexity index is 966. The van der Waals surface area contributed by atoms with Gasteiger partial charge in [0.15, 0.2) is 0 Å². The third-order valence-corrected chi connectivity index (χ3v) is 5.38. The molecule has 2 N–H and O–H groups in total. The van der Waals surface area contributed by atoms with Gasteiger partial charge in [-0.05, 0) is 67.5 Å². The maximum Gasteiger partial charge on any atom is 0.107 e. The number of hydrogen-bond donors (Lipinski definition) is 2. The molecule has 0 radical (unpaired) electrons. The number of aromatic amines is 1. The van der Waals surface area contributed by atoms with Crippen molar-refractivity contribution >= 4 is 11.9 Å². The van der Waals surface area contributed by atoms with Gasteiger partial charge in [-0.25, -0.2) is 0 Å². The molecule has 2 rings (SSSR count). The Morgan fingerprint density at radius 1 is 1.19 bits per heavy atom. The van der Waals surface area contributed by atoms with Crippen molar-refractivity contribution in [3.05, 3.63) is 120 Å². The number of anilines is 1. The summed E-state index contributed by atoms with van der Waals surface area (Å²) < 4.78 is 0. The van der Waals surface area contributed by atoms with Crippen molar-refractivity contribution in [1.29, 1.82) is 0 Å². The summed E-state index contributed by atoms with van der Waals surface area (Å²) >= 11 is 0. The van der Waals surface area contributed by atoms with E-state index < -0.39 is 0 Å². The number of benzene rings is 1. The summed E-state index contributed by atoms with van der Waals surface area (Å²) in [6.07, 6.45) is 19.4. The molecule has 162 valence electrons. The number of rotatable bonds is 12. The summed E-state index contributed by atoms with van der Waals surface area (Å²) in [5.41, 5.74) is 6.16. The first kappa shape index (κ1) is 24.0. The van der Waals surface area contributed by atoms with Crippen molar-refractivity contribution < 1.29 is 0 Å². The Morgan fingerprint density at radius 3 is 2.74 bits per heavy atom. The fourth-order valence-electron chi connectivity index (χ4n) is 3.39. The first-order valence-corrected chi connectivity index (χ1v) is 11.0. The molecule has 2 heteroatoms. The largest absolute Gasteiger partial charge is 0.348 e. The molecule has 1 aromatic heterocycles. The lowest BCUT2D eigenvalue weighted by Crippen LogP contribution is -1.95. The molecule has 0 saturated carbocycles. The van der Waals surface area contributed by atoms with Crippen LogP contribution in [0.1, 0.15) is 50.4 Å². The van der Waals surface area contributed by atoms with Gasteiger partial charge < -0.3 is 10.3 Å². The number of nitrogens with one attached hydrogen (secondary N) is 2. The van der Waals surface area contributed by atoms with E-state index >= 15 is 0 Å². The highest BCUT2D eigenvalue weighted by molar-refractivity contribution is 5.56. The Balaban J connectivity index is 1.88. The molecular weight excluding hydrogens is 376 g/mol. The zero-order valence-corrected chi connectivity index (χ0v) is 19.2. The van der Waals surface area contributed by atoms with E-state index in [4.69, 9.17) is 0 Å². The minimum absolute atomic E-state index is 0.523. The van der Waals surface area contributed by atoms with Crippen molar-refractivity contribution in [2.75, 3.05) is 5.32 Å². The zero-order valence-electron chi connectivity index (χ0n) is 19.2. The van der Waals surface area contributed by atoms with E-state index in [2.05, 4.69) is 105 Å². The molecule has 0 aliphatic carbocycles. The van der Waals surface area contributed by atoms with Crippen molar-refractivity contribution in [2.45, 2.75) is 40.0 Å². The van der Waals surface area contributed by atoms with E-state index in [0.717, 1.165) is 30.7 Å². The maximum atomic E-state index is 4.15. The standard InChI is InChI=1S/C29H36N2/c1-6-9-14-26-15-10-11-16-27(26)22-28-18-19-29(31-28)30-21-20-23(4)13-12-17-25(8-3)24(5)7-2/h6-7,9-12,14-21,25,30-31H,1,4,8,13,22H2,2-3,5H3/b14-9-,17-12-,21-20-,24-7+. The van der Waals surface area contributed by atoms with Gasteiger partial charge in [0.25, 0.3) is 0 Å². The number of allylic oxidation sites excluding steroid dienone is 8. The topological polar surface area (TPSA) is 27.8 Å². The molecule has 31 heavy (non-hydrogen) atoms. The third-order valence-electron chi connectivity index (χ3n) is 5.38. The molecule has 1 unspecified atom stereocenters. The highest BCUT2D eigenvalue weighted by Gasteiger charge is 2.04. The molecular formula is C29H36N2. The Labute approximate surface area is 188 Å². The Kier molecular flexibility index (Phi) is 10.2. The van der Waals surface area contributed by atoms with Crippen molar-refractivity contribution in [3.8, 4) is 0 Å². The predicted octanol–water partition coefficient (Wildman–Crippen LogP) is 8.23. The van der Waals surface area contributed by atoms with Crippen LogP contribution in [-0.2, 0) is 6.42 Å². The average Bonchev–Trinajstić information content (AvgIpc) is 3.22. The molecule has 0 bridgehead atoms. The zero-order chi connectivity index (χ0) is 22.5.